The quantitative estimate of drug-likeness (QED) is 0.597. The number of nitrogens with zero attached hydrogens (tertiary/aromatic N) is 2. The van der Waals surface area contributed by atoms with Crippen molar-refractivity contribution >= 4 is 21.6 Å². The summed E-state index contributed by atoms with van der Waals surface area (Å²) in [6.07, 6.45) is 0. The smallest absolute Gasteiger partial charge is 0.146 e. The van der Waals surface area contributed by atoms with Crippen molar-refractivity contribution in [1.82, 2.24) is 10.2 Å². The SMILES string of the molecule is Cc1cc2c(C)csc2nn1. The van der Waals surface area contributed by atoms with E-state index in [9.17, 15) is 0 Å². The fraction of sp³-hybridized carbons (Fsp3) is 0.250. The zero-order chi connectivity index (χ0) is 7.84. The van der Waals surface area contributed by atoms with Gasteiger partial charge >= 0.3 is 0 Å². The summed E-state index contributed by atoms with van der Waals surface area (Å²) < 4.78 is 0. The molecule has 2 heterocycles. The van der Waals surface area contributed by atoms with E-state index < -0.39 is 0 Å². The standard InChI is InChI=1S/C8H8N2S/c1-5-4-11-8-7(5)3-6(2)9-10-8/h3-4H,1-2H3. The lowest BCUT2D eigenvalue weighted by atomic mass is 10.2. The molecule has 0 aliphatic carbocycles. The van der Waals surface area contributed by atoms with Gasteiger partial charge in [-0.1, -0.05) is 0 Å². The first-order valence-corrected chi connectivity index (χ1v) is 4.33. The van der Waals surface area contributed by atoms with Gasteiger partial charge in [0.25, 0.3) is 0 Å². The minimum Gasteiger partial charge on any atom is -0.155 e. The maximum atomic E-state index is 4.07. The molecule has 3 heteroatoms. The Kier molecular flexibility index (Phi) is 1.39. The lowest BCUT2D eigenvalue weighted by Crippen LogP contribution is -1.83. The maximum Gasteiger partial charge on any atom is 0.146 e. The fourth-order valence-corrected chi connectivity index (χ4v) is 1.91. The Bertz CT molecular complexity index is 392. The molecule has 0 saturated heterocycles. The maximum absolute atomic E-state index is 4.07. The highest BCUT2D eigenvalue weighted by molar-refractivity contribution is 7.16. The Balaban J connectivity index is 2.87. The van der Waals surface area contributed by atoms with Gasteiger partial charge in [-0.25, -0.2) is 0 Å². The summed E-state index contributed by atoms with van der Waals surface area (Å²) in [7, 11) is 0. The van der Waals surface area contributed by atoms with Gasteiger partial charge in [0.15, 0.2) is 0 Å². The van der Waals surface area contributed by atoms with E-state index in [2.05, 4.69) is 28.6 Å². The average Bonchev–Trinajstić information content (AvgIpc) is 2.33. The predicted octanol–water partition coefficient (Wildman–Crippen LogP) is 2.31. The molecule has 0 bridgehead atoms. The molecular formula is C8H8N2S. The van der Waals surface area contributed by atoms with E-state index in [0.717, 1.165) is 10.5 Å². The number of fused-ring (bicyclic) bond motifs is 1. The molecular weight excluding hydrogens is 156 g/mol. The number of rotatable bonds is 0. The van der Waals surface area contributed by atoms with E-state index >= 15 is 0 Å². The van der Waals surface area contributed by atoms with Crippen molar-refractivity contribution < 1.29 is 0 Å². The van der Waals surface area contributed by atoms with Crippen molar-refractivity contribution in [2.45, 2.75) is 13.8 Å². The van der Waals surface area contributed by atoms with Crippen LogP contribution in [0, 0.1) is 13.8 Å². The number of thiophene rings is 1. The molecule has 2 aromatic rings. The van der Waals surface area contributed by atoms with Crippen molar-refractivity contribution in [3.8, 4) is 0 Å². The minimum atomic E-state index is 0.985. The van der Waals surface area contributed by atoms with Crippen molar-refractivity contribution in [3.63, 3.8) is 0 Å². The summed E-state index contributed by atoms with van der Waals surface area (Å²) in [5.41, 5.74) is 2.28. The van der Waals surface area contributed by atoms with E-state index in [1.807, 2.05) is 6.92 Å². The van der Waals surface area contributed by atoms with Gasteiger partial charge in [-0.3, -0.25) is 0 Å². The number of hydrogen-bond acceptors (Lipinski definition) is 3. The Labute approximate surface area is 68.9 Å². The zero-order valence-electron chi connectivity index (χ0n) is 6.46. The van der Waals surface area contributed by atoms with E-state index in [1.165, 1.54) is 10.9 Å². The van der Waals surface area contributed by atoms with Crippen LogP contribution in [0.25, 0.3) is 10.2 Å². The predicted molar refractivity (Wildman–Crippen MR) is 46.9 cm³/mol. The van der Waals surface area contributed by atoms with Crippen molar-refractivity contribution in [1.29, 1.82) is 0 Å². The first kappa shape index (κ1) is 6.73. The molecule has 2 rings (SSSR count). The second kappa shape index (κ2) is 2.27. The molecule has 0 aliphatic rings. The van der Waals surface area contributed by atoms with Gasteiger partial charge in [0.05, 0.1) is 5.69 Å². The van der Waals surface area contributed by atoms with Gasteiger partial charge in [0.2, 0.25) is 0 Å². The lowest BCUT2D eigenvalue weighted by molar-refractivity contribution is 1.03. The number of aryl methyl sites for hydroxylation is 2. The van der Waals surface area contributed by atoms with Crippen molar-refractivity contribution in [2.75, 3.05) is 0 Å². The molecule has 0 unspecified atom stereocenters. The summed E-state index contributed by atoms with van der Waals surface area (Å²) in [5.74, 6) is 0. The molecule has 0 N–H and O–H groups in total. The zero-order valence-corrected chi connectivity index (χ0v) is 7.27. The molecule has 2 nitrogen and oxygen atoms in total. The summed E-state index contributed by atoms with van der Waals surface area (Å²) >= 11 is 1.65. The number of aromatic nitrogens is 2. The molecule has 11 heavy (non-hydrogen) atoms. The van der Waals surface area contributed by atoms with Gasteiger partial charge in [0, 0.05) is 5.39 Å². The van der Waals surface area contributed by atoms with Gasteiger partial charge in [-0.2, -0.15) is 5.10 Å². The molecule has 0 amide bonds. The first-order chi connectivity index (χ1) is 5.27. The highest BCUT2D eigenvalue weighted by Crippen LogP contribution is 2.22. The minimum absolute atomic E-state index is 0.985. The van der Waals surface area contributed by atoms with Crippen LogP contribution in [-0.2, 0) is 0 Å². The van der Waals surface area contributed by atoms with Gasteiger partial charge in [-0.05, 0) is 30.9 Å². The van der Waals surface area contributed by atoms with E-state index in [0.29, 0.717) is 0 Å². The topological polar surface area (TPSA) is 25.8 Å². The van der Waals surface area contributed by atoms with Crippen LogP contribution >= 0.6 is 11.3 Å². The van der Waals surface area contributed by atoms with E-state index in [-0.39, 0.29) is 0 Å². The van der Waals surface area contributed by atoms with Gasteiger partial charge in [-0.15, -0.1) is 16.4 Å². The Morgan fingerprint density at radius 1 is 1.27 bits per heavy atom. The second-order valence-electron chi connectivity index (χ2n) is 2.62. The van der Waals surface area contributed by atoms with Crippen LogP contribution in [0.1, 0.15) is 11.3 Å². The normalized spacial score (nSPS) is 10.7. The molecule has 0 aliphatic heterocycles. The Morgan fingerprint density at radius 3 is 2.91 bits per heavy atom. The Hall–Kier alpha value is -0.960. The molecule has 0 spiro atoms. The first-order valence-electron chi connectivity index (χ1n) is 3.45. The van der Waals surface area contributed by atoms with Gasteiger partial charge < -0.3 is 0 Å². The van der Waals surface area contributed by atoms with Gasteiger partial charge in [0.1, 0.15) is 4.83 Å². The molecule has 0 fully saturated rings. The fourth-order valence-electron chi connectivity index (χ4n) is 1.05. The molecule has 0 saturated carbocycles. The molecule has 0 aromatic carbocycles. The second-order valence-corrected chi connectivity index (χ2v) is 3.48. The molecule has 2 aromatic heterocycles. The van der Waals surface area contributed by atoms with Crippen LogP contribution in [0.5, 0.6) is 0 Å². The third-order valence-electron chi connectivity index (χ3n) is 1.65. The van der Waals surface area contributed by atoms with E-state index in [1.54, 1.807) is 11.3 Å². The monoisotopic (exact) mass is 164 g/mol. The summed E-state index contributed by atoms with van der Waals surface area (Å²) in [6.45, 7) is 4.06. The molecule has 56 valence electrons. The van der Waals surface area contributed by atoms with Crippen LogP contribution < -0.4 is 0 Å². The summed E-state index contributed by atoms with van der Waals surface area (Å²) in [5, 5.41) is 11.4. The largest absolute Gasteiger partial charge is 0.155 e. The third kappa shape index (κ3) is 1.01. The van der Waals surface area contributed by atoms with Crippen LogP contribution in [0.3, 0.4) is 0 Å². The van der Waals surface area contributed by atoms with Crippen LogP contribution in [0.2, 0.25) is 0 Å². The number of hydrogen-bond donors (Lipinski definition) is 0. The summed E-state index contributed by atoms with van der Waals surface area (Å²) in [6, 6.07) is 2.08. The van der Waals surface area contributed by atoms with E-state index in [4.69, 9.17) is 0 Å². The molecule has 0 radical (unpaired) electrons. The highest BCUT2D eigenvalue weighted by Gasteiger charge is 2.00. The van der Waals surface area contributed by atoms with Crippen molar-refractivity contribution in [3.05, 3.63) is 22.7 Å². The molecule has 0 atom stereocenters. The third-order valence-corrected chi connectivity index (χ3v) is 2.65. The lowest BCUT2D eigenvalue weighted by Gasteiger charge is -1.90. The van der Waals surface area contributed by atoms with Crippen molar-refractivity contribution in [2.24, 2.45) is 0 Å². The summed E-state index contributed by atoms with van der Waals surface area (Å²) in [4.78, 5) is 1.04. The Morgan fingerprint density at radius 2 is 2.09 bits per heavy atom. The average molecular weight is 164 g/mol. The highest BCUT2D eigenvalue weighted by atomic mass is 32.1. The van der Waals surface area contributed by atoms with Crippen LogP contribution in [0.15, 0.2) is 11.4 Å². The van der Waals surface area contributed by atoms with Crippen LogP contribution in [0.4, 0.5) is 0 Å². The van der Waals surface area contributed by atoms with Crippen LogP contribution in [-0.4, -0.2) is 10.2 Å².